The Labute approximate surface area is 122 Å². The van der Waals surface area contributed by atoms with Crippen LogP contribution in [0.2, 0.25) is 0 Å². The third-order valence-corrected chi connectivity index (χ3v) is 3.69. The van der Waals surface area contributed by atoms with Crippen molar-refractivity contribution in [1.82, 2.24) is 0 Å². The van der Waals surface area contributed by atoms with E-state index < -0.39 is 4.92 Å². The summed E-state index contributed by atoms with van der Waals surface area (Å²) in [7, 11) is 0. The van der Waals surface area contributed by atoms with Crippen LogP contribution in [-0.4, -0.2) is 10.5 Å². The molecule has 0 aliphatic carbocycles. The molecule has 2 aromatic rings. The predicted molar refractivity (Wildman–Crippen MR) is 80.6 cm³/mol. The Kier molecular flexibility index (Phi) is 3.05. The Bertz CT molecular complexity index is 680. The molecule has 0 aromatic heterocycles. The van der Waals surface area contributed by atoms with Crippen molar-refractivity contribution in [3.8, 4) is 5.75 Å². The SMILES string of the molecule is CC1(C)Oc2ccccc2C1Nc1ccc([N+](=O)[O-])cc1. The lowest BCUT2D eigenvalue weighted by Gasteiger charge is -2.28. The Balaban J connectivity index is 1.88. The zero-order valence-electron chi connectivity index (χ0n) is 11.9. The van der Waals surface area contributed by atoms with Gasteiger partial charge in [-0.05, 0) is 32.0 Å². The molecule has 0 saturated heterocycles. The van der Waals surface area contributed by atoms with Crippen molar-refractivity contribution in [2.24, 2.45) is 0 Å². The molecule has 5 nitrogen and oxygen atoms in total. The summed E-state index contributed by atoms with van der Waals surface area (Å²) in [6.45, 7) is 4.05. The van der Waals surface area contributed by atoms with Crippen LogP contribution in [0.1, 0.15) is 25.5 Å². The van der Waals surface area contributed by atoms with E-state index in [2.05, 4.69) is 5.32 Å². The summed E-state index contributed by atoms with van der Waals surface area (Å²) in [5, 5.41) is 14.1. The van der Waals surface area contributed by atoms with Crippen LogP contribution in [0.25, 0.3) is 0 Å². The van der Waals surface area contributed by atoms with E-state index in [1.54, 1.807) is 12.1 Å². The van der Waals surface area contributed by atoms with Gasteiger partial charge in [0.1, 0.15) is 11.4 Å². The van der Waals surface area contributed by atoms with Gasteiger partial charge < -0.3 is 10.1 Å². The van der Waals surface area contributed by atoms with Gasteiger partial charge in [-0.2, -0.15) is 0 Å². The van der Waals surface area contributed by atoms with Crippen molar-refractivity contribution in [1.29, 1.82) is 0 Å². The Morgan fingerprint density at radius 1 is 1.14 bits per heavy atom. The maximum absolute atomic E-state index is 10.7. The number of nitro groups is 1. The minimum atomic E-state index is -0.401. The van der Waals surface area contributed by atoms with Gasteiger partial charge >= 0.3 is 0 Å². The predicted octanol–water partition coefficient (Wildman–Crippen LogP) is 3.92. The van der Waals surface area contributed by atoms with Crippen LogP contribution in [-0.2, 0) is 0 Å². The molecular weight excluding hydrogens is 268 g/mol. The van der Waals surface area contributed by atoms with Gasteiger partial charge in [-0.25, -0.2) is 0 Å². The fourth-order valence-corrected chi connectivity index (χ4v) is 2.63. The highest BCUT2D eigenvalue weighted by atomic mass is 16.6. The van der Waals surface area contributed by atoms with Gasteiger partial charge in [-0.15, -0.1) is 0 Å². The van der Waals surface area contributed by atoms with Crippen LogP contribution in [0.5, 0.6) is 5.75 Å². The number of nitrogens with one attached hydrogen (secondary N) is 1. The number of para-hydroxylation sites is 1. The van der Waals surface area contributed by atoms with Gasteiger partial charge in [0.2, 0.25) is 0 Å². The van der Waals surface area contributed by atoms with Gasteiger partial charge in [0.25, 0.3) is 5.69 Å². The molecule has 0 radical (unpaired) electrons. The first kappa shape index (κ1) is 13.4. The summed E-state index contributed by atoms with van der Waals surface area (Å²) in [6, 6.07) is 14.3. The second-order valence-corrected chi connectivity index (χ2v) is 5.62. The smallest absolute Gasteiger partial charge is 0.269 e. The fraction of sp³-hybridized carbons (Fsp3) is 0.250. The fourth-order valence-electron chi connectivity index (χ4n) is 2.63. The van der Waals surface area contributed by atoms with Crippen molar-refractivity contribution in [2.45, 2.75) is 25.5 Å². The maximum Gasteiger partial charge on any atom is 0.269 e. The Hall–Kier alpha value is -2.56. The molecule has 0 amide bonds. The average molecular weight is 284 g/mol. The topological polar surface area (TPSA) is 64.4 Å². The molecule has 1 aliphatic heterocycles. The summed E-state index contributed by atoms with van der Waals surface area (Å²) in [6.07, 6.45) is 0. The molecule has 5 heteroatoms. The summed E-state index contributed by atoms with van der Waals surface area (Å²) < 4.78 is 5.97. The molecule has 1 heterocycles. The molecule has 0 spiro atoms. The lowest BCUT2D eigenvalue weighted by molar-refractivity contribution is -0.384. The van der Waals surface area contributed by atoms with Crippen LogP contribution in [0, 0.1) is 10.1 Å². The lowest BCUT2D eigenvalue weighted by Crippen LogP contribution is -2.34. The zero-order valence-corrected chi connectivity index (χ0v) is 11.9. The molecule has 1 unspecified atom stereocenters. The number of non-ortho nitro benzene ring substituents is 1. The number of ether oxygens (including phenoxy) is 1. The molecule has 108 valence electrons. The first-order valence-electron chi connectivity index (χ1n) is 6.76. The molecule has 3 rings (SSSR count). The quantitative estimate of drug-likeness (QED) is 0.685. The number of nitrogens with zero attached hydrogens (tertiary/aromatic N) is 1. The molecule has 21 heavy (non-hydrogen) atoms. The number of rotatable bonds is 3. The largest absolute Gasteiger partial charge is 0.485 e. The molecule has 0 fully saturated rings. The molecule has 0 bridgehead atoms. The normalized spacial score (nSPS) is 18.7. The average Bonchev–Trinajstić information content (AvgIpc) is 2.70. The van der Waals surface area contributed by atoms with Crippen LogP contribution in [0.15, 0.2) is 48.5 Å². The first-order valence-corrected chi connectivity index (χ1v) is 6.76. The number of nitro benzene ring substituents is 1. The Morgan fingerprint density at radius 2 is 1.81 bits per heavy atom. The first-order chi connectivity index (χ1) is 9.97. The van der Waals surface area contributed by atoms with E-state index in [0.29, 0.717) is 0 Å². The summed E-state index contributed by atoms with van der Waals surface area (Å²) in [5.41, 5.74) is 1.63. The van der Waals surface area contributed by atoms with Gasteiger partial charge in [0.05, 0.1) is 11.0 Å². The van der Waals surface area contributed by atoms with Crippen LogP contribution in [0.3, 0.4) is 0 Å². The highest BCUT2D eigenvalue weighted by molar-refractivity contribution is 5.53. The Morgan fingerprint density at radius 3 is 2.48 bits per heavy atom. The monoisotopic (exact) mass is 284 g/mol. The highest BCUT2D eigenvalue weighted by Crippen LogP contribution is 2.44. The zero-order chi connectivity index (χ0) is 15.0. The highest BCUT2D eigenvalue weighted by Gasteiger charge is 2.40. The number of anilines is 1. The summed E-state index contributed by atoms with van der Waals surface area (Å²) in [4.78, 5) is 10.3. The minimum absolute atomic E-state index is 0.00449. The standard InChI is InChI=1S/C16H16N2O3/c1-16(2)15(13-5-3-4-6-14(13)21-16)17-11-7-9-12(10-8-11)18(19)20/h3-10,15,17H,1-2H3. The van der Waals surface area contributed by atoms with Crippen molar-refractivity contribution in [3.63, 3.8) is 0 Å². The van der Waals surface area contributed by atoms with E-state index in [1.165, 1.54) is 12.1 Å². The minimum Gasteiger partial charge on any atom is -0.485 e. The van der Waals surface area contributed by atoms with Crippen LogP contribution in [0.4, 0.5) is 11.4 Å². The van der Waals surface area contributed by atoms with E-state index in [0.717, 1.165) is 17.0 Å². The van der Waals surface area contributed by atoms with Gasteiger partial charge in [0.15, 0.2) is 0 Å². The lowest BCUT2D eigenvalue weighted by atomic mass is 9.94. The van der Waals surface area contributed by atoms with Crippen LogP contribution < -0.4 is 10.1 Å². The third kappa shape index (κ3) is 2.42. The number of hydrogen-bond acceptors (Lipinski definition) is 4. The van der Waals surface area contributed by atoms with E-state index in [4.69, 9.17) is 4.74 Å². The molecular formula is C16H16N2O3. The molecule has 1 atom stereocenters. The van der Waals surface area contributed by atoms with Gasteiger partial charge in [-0.3, -0.25) is 10.1 Å². The number of hydrogen-bond donors (Lipinski definition) is 1. The van der Waals surface area contributed by atoms with E-state index in [-0.39, 0.29) is 17.3 Å². The maximum atomic E-state index is 10.7. The van der Waals surface area contributed by atoms with Crippen LogP contribution >= 0.6 is 0 Å². The van der Waals surface area contributed by atoms with Gasteiger partial charge in [-0.1, -0.05) is 18.2 Å². The number of benzene rings is 2. The number of fused-ring (bicyclic) bond motifs is 1. The molecule has 0 saturated carbocycles. The van der Waals surface area contributed by atoms with E-state index in [1.807, 2.05) is 38.1 Å². The van der Waals surface area contributed by atoms with E-state index >= 15 is 0 Å². The van der Waals surface area contributed by atoms with Crippen molar-refractivity contribution < 1.29 is 9.66 Å². The summed E-state index contributed by atoms with van der Waals surface area (Å²) >= 11 is 0. The third-order valence-electron chi connectivity index (χ3n) is 3.69. The molecule has 1 aliphatic rings. The molecule has 2 aromatic carbocycles. The summed E-state index contributed by atoms with van der Waals surface area (Å²) in [5.74, 6) is 0.877. The van der Waals surface area contributed by atoms with Crippen molar-refractivity contribution >= 4 is 11.4 Å². The molecule has 1 N–H and O–H groups in total. The second kappa shape index (κ2) is 4.77. The van der Waals surface area contributed by atoms with Gasteiger partial charge in [0, 0.05) is 23.4 Å². The van der Waals surface area contributed by atoms with Crippen molar-refractivity contribution in [3.05, 3.63) is 64.2 Å². The second-order valence-electron chi connectivity index (χ2n) is 5.62. The van der Waals surface area contributed by atoms with E-state index in [9.17, 15) is 10.1 Å². The van der Waals surface area contributed by atoms with Crippen molar-refractivity contribution in [2.75, 3.05) is 5.32 Å².